The molecule has 126 valence electrons. The first kappa shape index (κ1) is 15.2. The Morgan fingerprint density at radius 1 is 0.769 bits per heavy atom. The lowest BCUT2D eigenvalue weighted by molar-refractivity contribution is -0.643. The summed E-state index contributed by atoms with van der Waals surface area (Å²) in [6.07, 6.45) is 4.33. The van der Waals surface area contributed by atoms with Gasteiger partial charge in [0.05, 0.1) is 5.39 Å². The Hall–Kier alpha value is -3.13. The maximum Gasteiger partial charge on any atom is 0.212 e. The molecule has 5 rings (SSSR count). The Morgan fingerprint density at radius 2 is 1.54 bits per heavy atom. The van der Waals surface area contributed by atoms with Gasteiger partial charge in [-0.1, -0.05) is 29.8 Å². The van der Waals surface area contributed by atoms with Crippen molar-refractivity contribution in [1.29, 1.82) is 0 Å². The molecule has 0 spiro atoms. The van der Waals surface area contributed by atoms with E-state index in [1.54, 1.807) is 0 Å². The van der Waals surface area contributed by atoms with Gasteiger partial charge >= 0.3 is 0 Å². The van der Waals surface area contributed by atoms with Crippen LogP contribution in [0.15, 0.2) is 73.1 Å². The van der Waals surface area contributed by atoms with Crippen LogP contribution in [0.25, 0.3) is 43.7 Å². The molecule has 0 unspecified atom stereocenters. The van der Waals surface area contributed by atoms with Crippen LogP contribution in [0.2, 0.25) is 0 Å². The van der Waals surface area contributed by atoms with E-state index >= 15 is 0 Å². The first-order valence-corrected chi connectivity index (χ1v) is 8.98. The quantitative estimate of drug-likeness (QED) is 0.290. The van der Waals surface area contributed by atoms with Gasteiger partial charge in [-0.05, 0) is 53.8 Å². The summed E-state index contributed by atoms with van der Waals surface area (Å²) in [5.74, 6) is 0. The minimum atomic E-state index is 1.26. The molecule has 0 saturated carbocycles. The average molecular weight is 337 g/mol. The highest BCUT2D eigenvalue weighted by Gasteiger charge is 2.12. The second-order valence-electron chi connectivity index (χ2n) is 7.26. The van der Waals surface area contributed by atoms with Crippen LogP contribution in [-0.2, 0) is 14.1 Å². The third-order valence-corrected chi connectivity index (χ3v) is 5.43. The van der Waals surface area contributed by atoms with Crippen LogP contribution in [0.1, 0.15) is 5.56 Å². The highest BCUT2D eigenvalue weighted by molar-refractivity contribution is 6.05. The van der Waals surface area contributed by atoms with Crippen molar-refractivity contribution >= 4 is 32.6 Å². The molecule has 0 aliphatic heterocycles. The second-order valence-corrected chi connectivity index (χ2v) is 7.26. The maximum absolute atomic E-state index is 2.33. The summed E-state index contributed by atoms with van der Waals surface area (Å²) in [6, 6.07) is 22.4. The summed E-state index contributed by atoms with van der Waals surface area (Å²) in [6.45, 7) is 2.16. The third kappa shape index (κ3) is 2.22. The van der Waals surface area contributed by atoms with E-state index < -0.39 is 0 Å². The molecule has 0 fully saturated rings. The van der Waals surface area contributed by atoms with Crippen molar-refractivity contribution in [3.8, 4) is 11.1 Å². The maximum atomic E-state index is 2.33. The normalized spacial score (nSPS) is 11.7. The van der Waals surface area contributed by atoms with Crippen molar-refractivity contribution in [2.24, 2.45) is 14.1 Å². The fraction of sp³-hybridized carbons (Fsp3) is 0.125. The van der Waals surface area contributed by atoms with Crippen LogP contribution in [0, 0.1) is 6.92 Å². The number of fused-ring (bicyclic) bond motifs is 4. The van der Waals surface area contributed by atoms with E-state index in [1.165, 1.54) is 49.3 Å². The number of aryl methyl sites for hydroxylation is 3. The summed E-state index contributed by atoms with van der Waals surface area (Å²) < 4.78 is 4.40. The Morgan fingerprint density at radius 3 is 2.42 bits per heavy atom. The van der Waals surface area contributed by atoms with E-state index in [0.717, 1.165) is 0 Å². The first-order valence-electron chi connectivity index (χ1n) is 8.98. The van der Waals surface area contributed by atoms with Crippen LogP contribution in [0.4, 0.5) is 0 Å². The fourth-order valence-electron chi connectivity index (χ4n) is 3.98. The molecule has 0 atom stereocenters. The third-order valence-electron chi connectivity index (χ3n) is 5.43. The Balaban J connectivity index is 1.81. The molecule has 5 aromatic rings. The predicted octanol–water partition coefficient (Wildman–Crippen LogP) is 5.28. The van der Waals surface area contributed by atoms with Crippen LogP contribution in [0.3, 0.4) is 0 Å². The number of pyridine rings is 1. The first-order chi connectivity index (χ1) is 12.6. The number of nitrogens with zero attached hydrogens (tertiary/aromatic N) is 2. The second kappa shape index (κ2) is 5.43. The summed E-state index contributed by atoms with van der Waals surface area (Å²) >= 11 is 0. The van der Waals surface area contributed by atoms with Gasteiger partial charge in [-0.15, -0.1) is 0 Å². The predicted molar refractivity (Wildman–Crippen MR) is 109 cm³/mol. The summed E-state index contributed by atoms with van der Waals surface area (Å²) in [4.78, 5) is 0. The topological polar surface area (TPSA) is 8.81 Å². The molecule has 2 nitrogen and oxygen atoms in total. The standard InChI is InChI=1S/C24H21N2/c1-16-4-5-20-15-26(3)23-9-8-18(13-22(23)21(20)12-16)19-7-6-17-10-11-25(2)24(17)14-19/h4-15H,1-3H3/q+1. The van der Waals surface area contributed by atoms with Gasteiger partial charge in [0.25, 0.3) is 0 Å². The average Bonchev–Trinajstić information content (AvgIpc) is 3.03. The largest absolute Gasteiger partial charge is 0.351 e. The molecule has 3 aromatic carbocycles. The van der Waals surface area contributed by atoms with E-state index in [2.05, 4.69) is 103 Å². The number of aromatic nitrogens is 2. The zero-order valence-corrected chi connectivity index (χ0v) is 15.3. The van der Waals surface area contributed by atoms with Crippen molar-refractivity contribution in [1.82, 2.24) is 4.57 Å². The molecule has 2 aromatic heterocycles. The van der Waals surface area contributed by atoms with E-state index in [4.69, 9.17) is 0 Å². The van der Waals surface area contributed by atoms with Gasteiger partial charge in [0.15, 0.2) is 6.20 Å². The molecule has 0 aliphatic rings. The molecule has 0 saturated heterocycles. The zero-order valence-electron chi connectivity index (χ0n) is 15.3. The molecule has 0 radical (unpaired) electrons. The van der Waals surface area contributed by atoms with E-state index in [0.29, 0.717) is 0 Å². The SMILES string of the molecule is Cc1ccc2c[n+](C)c3ccc(-c4ccc5ccn(C)c5c4)cc3c2c1. The number of hydrogen-bond acceptors (Lipinski definition) is 0. The lowest BCUT2D eigenvalue weighted by atomic mass is 9.98. The molecule has 2 heterocycles. The minimum Gasteiger partial charge on any atom is -0.351 e. The molecular weight excluding hydrogens is 316 g/mol. The monoisotopic (exact) mass is 337 g/mol. The summed E-state index contributed by atoms with van der Waals surface area (Å²) in [7, 11) is 4.22. The molecule has 2 heteroatoms. The van der Waals surface area contributed by atoms with Crippen LogP contribution in [-0.4, -0.2) is 4.57 Å². The Bertz CT molecular complexity index is 1310. The number of benzene rings is 3. The minimum absolute atomic E-state index is 1.26. The van der Waals surface area contributed by atoms with Gasteiger partial charge in [0.2, 0.25) is 5.52 Å². The summed E-state index contributed by atoms with van der Waals surface area (Å²) in [5, 5.41) is 5.18. The van der Waals surface area contributed by atoms with Gasteiger partial charge in [-0.2, -0.15) is 0 Å². The van der Waals surface area contributed by atoms with Crippen molar-refractivity contribution < 1.29 is 4.57 Å². The van der Waals surface area contributed by atoms with Crippen molar-refractivity contribution in [2.75, 3.05) is 0 Å². The van der Waals surface area contributed by atoms with E-state index in [-0.39, 0.29) is 0 Å². The van der Waals surface area contributed by atoms with Crippen molar-refractivity contribution in [3.05, 3.63) is 78.6 Å². The summed E-state index contributed by atoms with van der Waals surface area (Å²) in [5.41, 5.74) is 6.33. The van der Waals surface area contributed by atoms with Crippen molar-refractivity contribution in [3.63, 3.8) is 0 Å². The van der Waals surface area contributed by atoms with Gasteiger partial charge < -0.3 is 4.57 Å². The van der Waals surface area contributed by atoms with E-state index in [1.807, 2.05) is 0 Å². The van der Waals surface area contributed by atoms with Gasteiger partial charge in [-0.3, -0.25) is 0 Å². The molecule has 0 bridgehead atoms. The highest BCUT2D eigenvalue weighted by Crippen LogP contribution is 2.30. The van der Waals surface area contributed by atoms with Crippen LogP contribution < -0.4 is 4.57 Å². The van der Waals surface area contributed by atoms with Crippen LogP contribution in [0.5, 0.6) is 0 Å². The Labute approximate surface area is 152 Å². The van der Waals surface area contributed by atoms with Crippen molar-refractivity contribution in [2.45, 2.75) is 6.92 Å². The molecule has 0 aliphatic carbocycles. The molecule has 0 amide bonds. The fourth-order valence-corrected chi connectivity index (χ4v) is 3.98. The number of rotatable bonds is 1. The smallest absolute Gasteiger partial charge is 0.212 e. The van der Waals surface area contributed by atoms with Crippen LogP contribution >= 0.6 is 0 Å². The lowest BCUT2D eigenvalue weighted by Gasteiger charge is -2.08. The van der Waals surface area contributed by atoms with Gasteiger partial charge in [0, 0.05) is 35.6 Å². The highest BCUT2D eigenvalue weighted by atomic mass is 14.9. The molecule has 0 N–H and O–H groups in total. The van der Waals surface area contributed by atoms with Gasteiger partial charge in [-0.25, -0.2) is 4.57 Å². The number of hydrogen-bond donors (Lipinski definition) is 0. The lowest BCUT2D eigenvalue weighted by Crippen LogP contribution is -2.28. The van der Waals surface area contributed by atoms with Gasteiger partial charge in [0.1, 0.15) is 7.05 Å². The molecule has 26 heavy (non-hydrogen) atoms. The van der Waals surface area contributed by atoms with E-state index in [9.17, 15) is 0 Å². The zero-order chi connectivity index (χ0) is 17.8. The molecular formula is C24H21N2+. The Kier molecular flexibility index (Phi) is 3.17.